The number of thioether (sulfide) groups is 1. The summed E-state index contributed by atoms with van der Waals surface area (Å²) in [6, 6.07) is 10.1. The third-order valence-corrected chi connectivity index (χ3v) is 5.15. The lowest BCUT2D eigenvalue weighted by Crippen LogP contribution is -2.49. The molecule has 0 unspecified atom stereocenters. The highest BCUT2D eigenvalue weighted by atomic mass is 32.2. The van der Waals surface area contributed by atoms with E-state index < -0.39 is 5.54 Å². The van der Waals surface area contributed by atoms with E-state index in [1.807, 2.05) is 31.2 Å². The monoisotopic (exact) mass is 356 g/mol. The number of carbonyl (C=O) groups excluding carboxylic acids is 1. The van der Waals surface area contributed by atoms with E-state index in [9.17, 15) is 10.1 Å². The Morgan fingerprint density at radius 1 is 1.28 bits per heavy atom. The molecule has 7 heteroatoms. The van der Waals surface area contributed by atoms with Gasteiger partial charge in [0.25, 0.3) is 5.22 Å². The first kappa shape index (κ1) is 17.5. The second-order valence-electron chi connectivity index (χ2n) is 6.33. The fraction of sp³-hybridized carbons (Fsp3) is 0.444. The van der Waals surface area contributed by atoms with Crippen LogP contribution in [0.1, 0.15) is 37.7 Å². The minimum absolute atomic E-state index is 0.152. The molecule has 1 heterocycles. The normalized spacial score (nSPS) is 16.2. The van der Waals surface area contributed by atoms with Crippen molar-refractivity contribution in [2.45, 2.75) is 49.8 Å². The average molecular weight is 356 g/mol. The van der Waals surface area contributed by atoms with Crippen molar-refractivity contribution in [2.75, 3.05) is 5.75 Å². The molecule has 1 N–H and O–H groups in total. The van der Waals surface area contributed by atoms with Crippen LogP contribution in [-0.2, 0) is 4.79 Å². The Hall–Kier alpha value is -2.33. The maximum Gasteiger partial charge on any atom is 0.277 e. The number of hydrogen-bond acceptors (Lipinski definition) is 6. The van der Waals surface area contributed by atoms with Crippen LogP contribution in [0.3, 0.4) is 0 Å². The maximum atomic E-state index is 12.2. The van der Waals surface area contributed by atoms with Gasteiger partial charge in [-0.2, -0.15) is 5.26 Å². The van der Waals surface area contributed by atoms with E-state index in [0.29, 0.717) is 11.1 Å². The van der Waals surface area contributed by atoms with Gasteiger partial charge in [0.15, 0.2) is 0 Å². The molecule has 0 atom stereocenters. The van der Waals surface area contributed by atoms with Gasteiger partial charge < -0.3 is 9.73 Å². The van der Waals surface area contributed by atoms with Gasteiger partial charge in [-0.1, -0.05) is 48.7 Å². The van der Waals surface area contributed by atoms with Gasteiger partial charge in [0.2, 0.25) is 11.8 Å². The molecule has 0 spiro atoms. The van der Waals surface area contributed by atoms with Crippen molar-refractivity contribution in [1.82, 2.24) is 15.5 Å². The third kappa shape index (κ3) is 4.40. The quantitative estimate of drug-likeness (QED) is 0.825. The number of carbonyl (C=O) groups is 1. The van der Waals surface area contributed by atoms with Gasteiger partial charge in [-0.3, -0.25) is 4.79 Å². The molecule has 0 aliphatic heterocycles. The Bertz CT molecular complexity index is 773. The molecule has 130 valence electrons. The zero-order chi connectivity index (χ0) is 17.7. The number of hydrogen-bond donors (Lipinski definition) is 1. The molecule has 6 nitrogen and oxygen atoms in total. The molecule has 0 bridgehead atoms. The van der Waals surface area contributed by atoms with Gasteiger partial charge in [-0.05, 0) is 31.9 Å². The van der Waals surface area contributed by atoms with Crippen molar-refractivity contribution in [3.63, 3.8) is 0 Å². The van der Waals surface area contributed by atoms with Crippen LogP contribution in [0.5, 0.6) is 0 Å². The van der Waals surface area contributed by atoms with Crippen molar-refractivity contribution >= 4 is 17.7 Å². The van der Waals surface area contributed by atoms with Crippen molar-refractivity contribution in [2.24, 2.45) is 0 Å². The molecule has 1 fully saturated rings. The van der Waals surface area contributed by atoms with Gasteiger partial charge in [-0.15, -0.1) is 10.2 Å². The van der Waals surface area contributed by atoms with E-state index in [1.54, 1.807) is 0 Å². The lowest BCUT2D eigenvalue weighted by molar-refractivity contribution is -0.120. The molecule has 1 saturated carbocycles. The lowest BCUT2D eigenvalue weighted by Gasteiger charge is -2.31. The van der Waals surface area contributed by atoms with Crippen LogP contribution in [0.4, 0.5) is 0 Å². The molecule has 1 aromatic carbocycles. The van der Waals surface area contributed by atoms with Crippen LogP contribution in [0, 0.1) is 18.3 Å². The zero-order valence-electron chi connectivity index (χ0n) is 14.1. The van der Waals surface area contributed by atoms with Crippen LogP contribution in [0.2, 0.25) is 0 Å². The predicted octanol–water partition coefficient (Wildman–Crippen LogP) is 3.48. The summed E-state index contributed by atoms with van der Waals surface area (Å²) in [7, 11) is 0. The topological polar surface area (TPSA) is 91.8 Å². The number of nitrogens with zero attached hydrogens (tertiary/aromatic N) is 3. The summed E-state index contributed by atoms with van der Waals surface area (Å²) in [6.07, 6.45) is 4.52. The molecule has 3 rings (SSSR count). The van der Waals surface area contributed by atoms with E-state index in [2.05, 4.69) is 21.6 Å². The second-order valence-corrected chi connectivity index (χ2v) is 7.26. The van der Waals surface area contributed by atoms with Gasteiger partial charge in [0.05, 0.1) is 11.8 Å². The Morgan fingerprint density at radius 3 is 2.68 bits per heavy atom. The van der Waals surface area contributed by atoms with Crippen molar-refractivity contribution in [3.05, 3.63) is 29.8 Å². The number of amides is 1. The van der Waals surface area contributed by atoms with Crippen molar-refractivity contribution in [1.29, 1.82) is 5.26 Å². The minimum Gasteiger partial charge on any atom is -0.411 e. The summed E-state index contributed by atoms with van der Waals surface area (Å²) in [4.78, 5) is 12.2. The van der Waals surface area contributed by atoms with E-state index in [0.717, 1.165) is 43.2 Å². The fourth-order valence-electron chi connectivity index (χ4n) is 2.93. The SMILES string of the molecule is Cc1ccc(-c2nnc(SCC(=O)NC3(C#N)CCCCC3)o2)cc1. The van der Waals surface area contributed by atoms with Crippen molar-refractivity contribution in [3.8, 4) is 17.5 Å². The summed E-state index contributed by atoms with van der Waals surface area (Å²) in [5.74, 6) is 0.408. The Balaban J connectivity index is 1.56. The number of aromatic nitrogens is 2. The number of nitriles is 1. The van der Waals surface area contributed by atoms with Gasteiger partial charge >= 0.3 is 0 Å². The van der Waals surface area contributed by atoms with Crippen LogP contribution >= 0.6 is 11.8 Å². The first-order chi connectivity index (χ1) is 12.1. The summed E-state index contributed by atoms with van der Waals surface area (Å²) >= 11 is 1.18. The molecule has 25 heavy (non-hydrogen) atoms. The van der Waals surface area contributed by atoms with Crippen LogP contribution in [0.25, 0.3) is 11.5 Å². The van der Waals surface area contributed by atoms with E-state index in [4.69, 9.17) is 4.42 Å². The Labute approximate surface area is 151 Å². The molecule has 1 aliphatic rings. The van der Waals surface area contributed by atoms with Crippen LogP contribution < -0.4 is 5.32 Å². The van der Waals surface area contributed by atoms with Gasteiger partial charge in [-0.25, -0.2) is 0 Å². The number of rotatable bonds is 5. The highest BCUT2D eigenvalue weighted by Crippen LogP contribution is 2.28. The van der Waals surface area contributed by atoms with Crippen molar-refractivity contribution < 1.29 is 9.21 Å². The second kappa shape index (κ2) is 7.70. The standard InChI is InChI=1S/C18H20N4O2S/c1-13-5-7-14(8-6-13)16-21-22-17(24-16)25-11-15(23)20-18(12-19)9-3-2-4-10-18/h5-8H,2-4,9-11H2,1H3,(H,20,23). The van der Waals surface area contributed by atoms with E-state index in [1.165, 1.54) is 11.8 Å². The molecule has 0 radical (unpaired) electrons. The van der Waals surface area contributed by atoms with Gasteiger partial charge in [0, 0.05) is 5.56 Å². The number of benzene rings is 1. The maximum absolute atomic E-state index is 12.2. The molecule has 1 aliphatic carbocycles. The minimum atomic E-state index is -0.711. The lowest BCUT2D eigenvalue weighted by atomic mass is 9.83. The van der Waals surface area contributed by atoms with Crippen LogP contribution in [0.15, 0.2) is 33.9 Å². The third-order valence-electron chi connectivity index (χ3n) is 4.33. The van der Waals surface area contributed by atoms with Gasteiger partial charge in [0.1, 0.15) is 5.54 Å². The average Bonchev–Trinajstić information content (AvgIpc) is 3.10. The Kier molecular flexibility index (Phi) is 5.39. The first-order valence-electron chi connectivity index (χ1n) is 8.36. The molecule has 0 saturated heterocycles. The summed E-state index contributed by atoms with van der Waals surface area (Å²) in [5, 5.41) is 20.6. The zero-order valence-corrected chi connectivity index (χ0v) is 14.9. The first-order valence-corrected chi connectivity index (χ1v) is 9.34. The summed E-state index contributed by atoms with van der Waals surface area (Å²) in [5.41, 5.74) is 1.29. The number of aryl methyl sites for hydroxylation is 1. The highest BCUT2D eigenvalue weighted by Gasteiger charge is 2.33. The Morgan fingerprint density at radius 2 is 2.00 bits per heavy atom. The fourth-order valence-corrected chi connectivity index (χ4v) is 3.49. The predicted molar refractivity (Wildman–Crippen MR) is 94.8 cm³/mol. The number of nitrogens with one attached hydrogen (secondary N) is 1. The molecule has 1 aromatic heterocycles. The van der Waals surface area contributed by atoms with E-state index >= 15 is 0 Å². The molecular weight excluding hydrogens is 336 g/mol. The largest absolute Gasteiger partial charge is 0.411 e. The van der Waals surface area contributed by atoms with Crippen LogP contribution in [-0.4, -0.2) is 27.4 Å². The molecule has 2 aromatic rings. The summed E-state index contributed by atoms with van der Waals surface area (Å²) < 4.78 is 5.60. The molecule has 1 amide bonds. The van der Waals surface area contributed by atoms with E-state index in [-0.39, 0.29) is 11.7 Å². The smallest absolute Gasteiger partial charge is 0.277 e. The highest BCUT2D eigenvalue weighted by molar-refractivity contribution is 7.99. The molecular formula is C18H20N4O2S. The summed E-state index contributed by atoms with van der Waals surface area (Å²) in [6.45, 7) is 2.01.